The fourth-order valence-corrected chi connectivity index (χ4v) is 5.23. The lowest BCUT2D eigenvalue weighted by Gasteiger charge is -2.28. The number of carbonyl (C=O) groups is 1. The Balaban J connectivity index is 1.12. The van der Waals surface area contributed by atoms with Gasteiger partial charge in [-0.3, -0.25) is 9.69 Å². The van der Waals surface area contributed by atoms with Crippen LogP contribution < -0.4 is 10.1 Å². The van der Waals surface area contributed by atoms with E-state index in [1.165, 1.54) is 49.0 Å². The van der Waals surface area contributed by atoms with Crippen molar-refractivity contribution in [2.45, 2.75) is 70.1 Å². The summed E-state index contributed by atoms with van der Waals surface area (Å²) >= 11 is 0. The third-order valence-corrected chi connectivity index (χ3v) is 7.12. The molecule has 2 aliphatic heterocycles. The van der Waals surface area contributed by atoms with Crippen LogP contribution in [0.5, 0.6) is 5.75 Å². The SMILES string of the molecule is O=C(N[C@H]1CCc2cc(CN3CCCCC3)ccc2C1)c1ccc(OC[C@@H]2CCCO2)cn1. The van der Waals surface area contributed by atoms with E-state index in [0.717, 1.165) is 45.3 Å². The molecule has 0 bridgehead atoms. The van der Waals surface area contributed by atoms with E-state index < -0.39 is 0 Å². The van der Waals surface area contributed by atoms with E-state index in [0.29, 0.717) is 18.1 Å². The van der Waals surface area contributed by atoms with Gasteiger partial charge in [0.2, 0.25) is 0 Å². The first-order chi connectivity index (χ1) is 16.2. The molecule has 0 spiro atoms. The van der Waals surface area contributed by atoms with Crippen LogP contribution in [0.4, 0.5) is 0 Å². The largest absolute Gasteiger partial charge is 0.489 e. The van der Waals surface area contributed by atoms with Crippen molar-refractivity contribution in [1.82, 2.24) is 15.2 Å². The maximum atomic E-state index is 12.7. The number of amides is 1. The highest BCUT2D eigenvalue weighted by molar-refractivity contribution is 5.92. The molecule has 5 rings (SSSR count). The van der Waals surface area contributed by atoms with Crippen LogP contribution in [-0.4, -0.2) is 54.2 Å². The molecule has 33 heavy (non-hydrogen) atoms. The van der Waals surface area contributed by atoms with Crippen molar-refractivity contribution in [3.8, 4) is 5.75 Å². The second kappa shape index (κ2) is 10.7. The van der Waals surface area contributed by atoms with Crippen molar-refractivity contribution in [3.63, 3.8) is 0 Å². The number of benzene rings is 1. The van der Waals surface area contributed by atoms with Crippen LogP contribution in [0.1, 0.15) is 65.7 Å². The third kappa shape index (κ3) is 5.92. The molecule has 1 aromatic heterocycles. The lowest BCUT2D eigenvalue weighted by Crippen LogP contribution is -2.39. The van der Waals surface area contributed by atoms with Crippen molar-refractivity contribution in [2.75, 3.05) is 26.3 Å². The molecule has 0 radical (unpaired) electrons. The summed E-state index contributed by atoms with van der Waals surface area (Å²) in [5.74, 6) is 0.560. The maximum absolute atomic E-state index is 12.7. The summed E-state index contributed by atoms with van der Waals surface area (Å²) in [4.78, 5) is 19.6. The van der Waals surface area contributed by atoms with Gasteiger partial charge in [0.25, 0.3) is 5.91 Å². The Morgan fingerprint density at radius 3 is 2.79 bits per heavy atom. The Labute approximate surface area is 196 Å². The number of aryl methyl sites for hydroxylation is 1. The van der Waals surface area contributed by atoms with Gasteiger partial charge in [-0.1, -0.05) is 24.6 Å². The van der Waals surface area contributed by atoms with Crippen LogP contribution in [0.2, 0.25) is 0 Å². The number of aromatic nitrogens is 1. The summed E-state index contributed by atoms with van der Waals surface area (Å²) in [6.45, 7) is 4.86. The minimum Gasteiger partial charge on any atom is -0.489 e. The van der Waals surface area contributed by atoms with Gasteiger partial charge < -0.3 is 14.8 Å². The predicted octanol–water partition coefficient (Wildman–Crippen LogP) is 3.91. The van der Waals surface area contributed by atoms with Crippen molar-refractivity contribution in [2.24, 2.45) is 0 Å². The molecular weight excluding hydrogens is 414 g/mol. The molecule has 3 heterocycles. The van der Waals surface area contributed by atoms with Gasteiger partial charge in [-0.2, -0.15) is 0 Å². The number of rotatable bonds is 7. The number of piperidine rings is 1. The number of hydrogen-bond donors (Lipinski definition) is 1. The topological polar surface area (TPSA) is 63.7 Å². The van der Waals surface area contributed by atoms with E-state index in [2.05, 4.69) is 33.4 Å². The summed E-state index contributed by atoms with van der Waals surface area (Å²) in [7, 11) is 0. The van der Waals surface area contributed by atoms with Crippen LogP contribution in [0, 0.1) is 0 Å². The van der Waals surface area contributed by atoms with Gasteiger partial charge in [-0.15, -0.1) is 0 Å². The molecule has 2 saturated heterocycles. The van der Waals surface area contributed by atoms with Crippen LogP contribution in [0.15, 0.2) is 36.5 Å². The molecule has 2 atom stereocenters. The first-order valence-electron chi connectivity index (χ1n) is 12.6. The van der Waals surface area contributed by atoms with Crippen molar-refractivity contribution >= 4 is 5.91 Å². The Kier molecular flexibility index (Phi) is 7.22. The lowest BCUT2D eigenvalue weighted by molar-refractivity contribution is 0.0678. The number of ether oxygens (including phenoxy) is 2. The van der Waals surface area contributed by atoms with Crippen molar-refractivity contribution in [1.29, 1.82) is 0 Å². The average molecular weight is 450 g/mol. The summed E-state index contributed by atoms with van der Waals surface area (Å²) < 4.78 is 11.3. The quantitative estimate of drug-likeness (QED) is 0.694. The van der Waals surface area contributed by atoms with E-state index >= 15 is 0 Å². The highest BCUT2D eigenvalue weighted by atomic mass is 16.5. The molecule has 0 saturated carbocycles. The first kappa shape index (κ1) is 22.4. The predicted molar refractivity (Wildman–Crippen MR) is 128 cm³/mol. The van der Waals surface area contributed by atoms with Gasteiger partial charge in [-0.25, -0.2) is 4.98 Å². The molecule has 3 aliphatic rings. The van der Waals surface area contributed by atoms with Crippen LogP contribution in [-0.2, 0) is 24.1 Å². The first-order valence-corrected chi connectivity index (χ1v) is 12.6. The van der Waals surface area contributed by atoms with E-state index in [4.69, 9.17) is 9.47 Å². The minimum absolute atomic E-state index is 0.115. The molecule has 1 aliphatic carbocycles. The molecule has 6 nitrogen and oxygen atoms in total. The van der Waals surface area contributed by atoms with E-state index in [-0.39, 0.29) is 18.1 Å². The van der Waals surface area contributed by atoms with Gasteiger partial charge in [0, 0.05) is 19.2 Å². The molecule has 1 N–H and O–H groups in total. The smallest absolute Gasteiger partial charge is 0.270 e. The monoisotopic (exact) mass is 449 g/mol. The summed E-state index contributed by atoms with van der Waals surface area (Å²) in [5.41, 5.74) is 4.66. The van der Waals surface area contributed by atoms with E-state index in [1.807, 2.05) is 6.07 Å². The minimum atomic E-state index is -0.115. The number of nitrogens with one attached hydrogen (secondary N) is 1. The third-order valence-electron chi connectivity index (χ3n) is 7.12. The molecule has 6 heteroatoms. The Morgan fingerprint density at radius 2 is 2.00 bits per heavy atom. The Morgan fingerprint density at radius 1 is 1.09 bits per heavy atom. The molecular formula is C27H35N3O3. The number of fused-ring (bicyclic) bond motifs is 1. The van der Waals surface area contributed by atoms with Crippen molar-refractivity contribution < 1.29 is 14.3 Å². The fraction of sp³-hybridized carbons (Fsp3) is 0.556. The van der Waals surface area contributed by atoms with Gasteiger partial charge in [0.05, 0.1) is 12.3 Å². The highest BCUT2D eigenvalue weighted by Crippen LogP contribution is 2.24. The Hall–Kier alpha value is -2.44. The number of hydrogen-bond acceptors (Lipinski definition) is 5. The maximum Gasteiger partial charge on any atom is 0.270 e. The summed E-state index contributed by atoms with van der Waals surface area (Å²) in [6.07, 6.45) is 10.8. The lowest BCUT2D eigenvalue weighted by atomic mass is 9.87. The van der Waals surface area contributed by atoms with Crippen molar-refractivity contribution in [3.05, 3.63) is 58.9 Å². The molecule has 176 valence electrons. The zero-order chi connectivity index (χ0) is 22.5. The summed E-state index contributed by atoms with van der Waals surface area (Å²) in [5, 5.41) is 3.18. The van der Waals surface area contributed by atoms with Gasteiger partial charge in [0.1, 0.15) is 18.1 Å². The van der Waals surface area contributed by atoms with Gasteiger partial charge in [0.15, 0.2) is 0 Å². The summed E-state index contributed by atoms with van der Waals surface area (Å²) in [6, 6.07) is 10.6. The van der Waals surface area contributed by atoms with E-state index in [1.54, 1.807) is 12.3 Å². The number of pyridine rings is 1. The van der Waals surface area contributed by atoms with Gasteiger partial charge >= 0.3 is 0 Å². The Bertz CT molecular complexity index is 934. The van der Waals surface area contributed by atoms with Crippen LogP contribution in [0.3, 0.4) is 0 Å². The van der Waals surface area contributed by atoms with Gasteiger partial charge in [-0.05, 0) is 86.9 Å². The molecule has 2 aromatic rings. The normalized spacial score (nSPS) is 23.2. The van der Waals surface area contributed by atoms with Crippen LogP contribution in [0.25, 0.3) is 0 Å². The molecule has 1 aromatic carbocycles. The molecule has 1 amide bonds. The number of carbonyl (C=O) groups excluding carboxylic acids is 1. The zero-order valence-electron chi connectivity index (χ0n) is 19.4. The number of likely N-dealkylation sites (tertiary alicyclic amines) is 1. The molecule has 2 fully saturated rings. The highest BCUT2D eigenvalue weighted by Gasteiger charge is 2.22. The standard InChI is InChI=1S/C27H35N3O3/c31-27(26-11-10-24(17-28-26)33-19-25-5-4-14-32-25)29-23-9-8-21-15-20(6-7-22(21)16-23)18-30-12-2-1-3-13-30/h6-7,10-11,15,17,23,25H,1-5,8-9,12-14,16,18-19H2,(H,29,31)/t23-,25-/m0/s1. The van der Waals surface area contributed by atoms with Crippen LogP contribution >= 0.6 is 0 Å². The average Bonchev–Trinajstić information content (AvgIpc) is 3.38. The fourth-order valence-electron chi connectivity index (χ4n) is 5.23. The second-order valence-corrected chi connectivity index (χ2v) is 9.68. The van der Waals surface area contributed by atoms with E-state index in [9.17, 15) is 4.79 Å². The second-order valence-electron chi connectivity index (χ2n) is 9.68. The number of nitrogens with zero attached hydrogens (tertiary/aromatic N) is 2. The zero-order valence-corrected chi connectivity index (χ0v) is 19.4. The molecule has 0 unspecified atom stereocenters.